The summed E-state index contributed by atoms with van der Waals surface area (Å²) < 4.78 is 33.3. The first kappa shape index (κ1) is 30.3. The maximum Gasteiger partial charge on any atom is 0.335 e. The Labute approximate surface area is 251 Å². The number of aromatic hydroxyl groups is 1. The number of fused-ring (bicyclic) bond motifs is 1. The Bertz CT molecular complexity index is 2290. The molecule has 226 valence electrons. The molecule has 0 aliphatic carbocycles. The second-order valence-electron chi connectivity index (χ2n) is 9.31. The van der Waals surface area contributed by atoms with Crippen LogP contribution in [0.3, 0.4) is 0 Å². The van der Waals surface area contributed by atoms with Gasteiger partial charge in [-0.05, 0) is 79.2 Å². The van der Waals surface area contributed by atoms with Gasteiger partial charge in [0, 0.05) is 10.8 Å². The average molecular weight is 629 g/mol. The number of azo groups is 3. The van der Waals surface area contributed by atoms with E-state index < -0.39 is 43.8 Å². The molecule has 16 nitrogen and oxygen atoms in total. The van der Waals surface area contributed by atoms with Gasteiger partial charge in [0.25, 0.3) is 15.7 Å². The Hall–Kier alpha value is -6.20. The predicted molar refractivity (Wildman–Crippen MR) is 160 cm³/mol. The predicted octanol–water partition coefficient (Wildman–Crippen LogP) is 6.42. The van der Waals surface area contributed by atoms with Crippen molar-refractivity contribution in [3.8, 4) is 5.88 Å². The van der Waals surface area contributed by atoms with Gasteiger partial charge in [0.1, 0.15) is 0 Å². The van der Waals surface area contributed by atoms with Crippen LogP contribution in [-0.4, -0.2) is 39.1 Å². The van der Waals surface area contributed by atoms with Crippen LogP contribution in [0.4, 0.5) is 34.1 Å². The van der Waals surface area contributed by atoms with Crippen LogP contribution in [0.5, 0.6) is 5.88 Å². The molecule has 0 fully saturated rings. The molecule has 1 heterocycles. The van der Waals surface area contributed by atoms with E-state index in [9.17, 15) is 32.5 Å². The Balaban J connectivity index is 1.47. The molecule has 0 atom stereocenters. The third-order valence-electron chi connectivity index (χ3n) is 6.24. The van der Waals surface area contributed by atoms with Gasteiger partial charge in [-0.2, -0.15) is 23.8 Å². The van der Waals surface area contributed by atoms with Crippen LogP contribution >= 0.6 is 0 Å². The molecular weight excluding hydrogens is 608 g/mol. The Morgan fingerprint density at radius 3 is 1.96 bits per heavy atom. The largest absolute Gasteiger partial charge is 0.493 e. The molecule has 5 N–H and O–H groups in total. The van der Waals surface area contributed by atoms with Crippen molar-refractivity contribution < 1.29 is 28.0 Å². The molecule has 5 aromatic rings. The number of nitrogens with one attached hydrogen (secondary N) is 2. The number of carbonyl (C=O) groups is 1. The fourth-order valence-corrected chi connectivity index (χ4v) is 4.51. The molecule has 0 amide bonds. The van der Waals surface area contributed by atoms with Crippen LogP contribution in [0, 0.1) is 6.92 Å². The zero-order valence-electron chi connectivity index (χ0n) is 22.9. The van der Waals surface area contributed by atoms with Gasteiger partial charge in [-0.25, -0.2) is 9.59 Å². The van der Waals surface area contributed by atoms with E-state index in [2.05, 4.69) is 30.7 Å². The van der Waals surface area contributed by atoms with Crippen molar-refractivity contribution in [2.24, 2.45) is 30.7 Å². The van der Waals surface area contributed by atoms with Crippen LogP contribution in [0.1, 0.15) is 15.9 Å². The second-order valence-corrected chi connectivity index (χ2v) is 10.7. The van der Waals surface area contributed by atoms with Crippen LogP contribution in [0.2, 0.25) is 0 Å². The van der Waals surface area contributed by atoms with Gasteiger partial charge in [-0.15, -0.1) is 15.3 Å². The second kappa shape index (κ2) is 12.2. The number of rotatable bonds is 8. The molecule has 45 heavy (non-hydrogen) atoms. The number of benzene rings is 4. The third-order valence-corrected chi connectivity index (χ3v) is 7.09. The number of hydrogen-bond donors (Lipinski definition) is 5. The molecule has 0 bridgehead atoms. The highest BCUT2D eigenvalue weighted by Gasteiger charge is 2.15. The number of aromatic amines is 2. The Kier molecular flexibility index (Phi) is 8.20. The summed E-state index contributed by atoms with van der Waals surface area (Å²) in [6.45, 7) is 1.78. The summed E-state index contributed by atoms with van der Waals surface area (Å²) in [6.07, 6.45) is 0. The van der Waals surface area contributed by atoms with E-state index >= 15 is 0 Å². The van der Waals surface area contributed by atoms with Gasteiger partial charge in [0.2, 0.25) is 11.6 Å². The molecule has 1 aromatic heterocycles. The zero-order valence-corrected chi connectivity index (χ0v) is 23.7. The molecule has 0 saturated carbocycles. The number of aromatic nitrogens is 2. The van der Waals surface area contributed by atoms with Crippen LogP contribution in [0.25, 0.3) is 10.8 Å². The SMILES string of the molecule is Cc1cc(N=Nc2ccc(N=Nc3c(O)[nH]c(=O)[nH]c3=O)c3ccc(S(=O)(=O)O)cc23)ccc1N=Nc1ccc(C(=O)O)cc1. The summed E-state index contributed by atoms with van der Waals surface area (Å²) in [5.41, 5.74) is 0.101. The van der Waals surface area contributed by atoms with Crippen molar-refractivity contribution in [3.63, 3.8) is 0 Å². The lowest BCUT2D eigenvalue weighted by Crippen LogP contribution is -2.20. The van der Waals surface area contributed by atoms with E-state index in [-0.39, 0.29) is 22.3 Å². The topological polar surface area (TPSA) is 252 Å². The standard InChI is InChI=1S/C28H20N8O8S/c1-14-12-17(6-9-21(14)33-31-16-4-2-15(3-5-16)27(39)40)32-34-23-11-10-22(19-8-7-18(13-20(19)23)45(42,43)44)35-36-24-25(37)29-28(41)30-26(24)38/h2-13H,1H3,(H,39,40)(H,42,43,44)(H3,29,30,37,38,41). The van der Waals surface area contributed by atoms with Crippen molar-refractivity contribution in [2.45, 2.75) is 11.8 Å². The maximum absolute atomic E-state index is 12.0. The van der Waals surface area contributed by atoms with Crippen molar-refractivity contribution >= 4 is 61.0 Å². The zero-order chi connectivity index (χ0) is 32.3. The monoisotopic (exact) mass is 628 g/mol. The lowest BCUT2D eigenvalue weighted by Gasteiger charge is -2.07. The number of aryl methyl sites for hydroxylation is 1. The Morgan fingerprint density at radius 1 is 0.711 bits per heavy atom. The van der Waals surface area contributed by atoms with E-state index in [1.54, 1.807) is 25.1 Å². The first-order valence-corrected chi connectivity index (χ1v) is 14.1. The van der Waals surface area contributed by atoms with Crippen molar-refractivity contribution in [3.05, 3.63) is 105 Å². The molecule has 0 aliphatic rings. The molecule has 4 aromatic carbocycles. The first-order chi connectivity index (χ1) is 21.4. The lowest BCUT2D eigenvalue weighted by atomic mass is 10.1. The minimum atomic E-state index is -4.59. The van der Waals surface area contributed by atoms with E-state index in [1.807, 2.05) is 9.97 Å². The summed E-state index contributed by atoms with van der Waals surface area (Å²) in [4.78, 5) is 37.8. The summed E-state index contributed by atoms with van der Waals surface area (Å²) >= 11 is 0. The summed E-state index contributed by atoms with van der Waals surface area (Å²) in [6, 6.07) is 17.4. The van der Waals surface area contributed by atoms with Gasteiger partial charge in [0.15, 0.2) is 0 Å². The molecule has 0 unspecified atom stereocenters. The van der Waals surface area contributed by atoms with Gasteiger partial charge in [-0.3, -0.25) is 19.3 Å². The van der Waals surface area contributed by atoms with E-state index in [1.165, 1.54) is 48.5 Å². The summed E-state index contributed by atoms with van der Waals surface area (Å²) in [7, 11) is -4.59. The lowest BCUT2D eigenvalue weighted by molar-refractivity contribution is 0.0697. The minimum absolute atomic E-state index is 0.128. The average Bonchev–Trinajstić information content (AvgIpc) is 2.99. The number of aromatic carboxylic acids is 1. The number of hydrogen-bond acceptors (Lipinski definition) is 12. The molecule has 5 rings (SSSR count). The number of carboxylic acid groups (broad SMARTS) is 1. The molecular formula is C28H20N8O8S. The highest BCUT2D eigenvalue weighted by atomic mass is 32.2. The van der Waals surface area contributed by atoms with Gasteiger partial charge in [-0.1, -0.05) is 6.07 Å². The van der Waals surface area contributed by atoms with Crippen molar-refractivity contribution in [1.29, 1.82) is 0 Å². The van der Waals surface area contributed by atoms with Crippen molar-refractivity contribution in [1.82, 2.24) is 9.97 Å². The van der Waals surface area contributed by atoms with Gasteiger partial charge >= 0.3 is 11.7 Å². The normalized spacial score (nSPS) is 12.1. The maximum atomic E-state index is 12.0. The fourth-order valence-electron chi connectivity index (χ4n) is 4.00. The van der Waals surface area contributed by atoms with Gasteiger partial charge < -0.3 is 10.2 Å². The summed E-state index contributed by atoms with van der Waals surface area (Å²) in [5.74, 6) is -1.85. The van der Waals surface area contributed by atoms with Crippen LogP contribution < -0.4 is 11.2 Å². The minimum Gasteiger partial charge on any atom is -0.493 e. The number of H-pyrrole nitrogens is 2. The highest BCUT2D eigenvalue weighted by Crippen LogP contribution is 2.37. The molecule has 0 radical (unpaired) electrons. The quantitative estimate of drug-likeness (QED) is 0.0943. The van der Waals surface area contributed by atoms with Crippen LogP contribution in [-0.2, 0) is 10.1 Å². The smallest absolute Gasteiger partial charge is 0.335 e. The Morgan fingerprint density at radius 2 is 1.31 bits per heavy atom. The summed E-state index contributed by atoms with van der Waals surface area (Å²) in [5, 5.41) is 43.9. The highest BCUT2D eigenvalue weighted by molar-refractivity contribution is 7.85. The number of nitrogens with zero attached hydrogens (tertiary/aromatic N) is 6. The number of carboxylic acids is 1. The third kappa shape index (κ3) is 6.90. The van der Waals surface area contributed by atoms with E-state index in [4.69, 9.17) is 5.11 Å². The van der Waals surface area contributed by atoms with Crippen molar-refractivity contribution in [2.75, 3.05) is 0 Å². The molecule has 0 aliphatic heterocycles. The molecule has 17 heteroatoms. The van der Waals surface area contributed by atoms with E-state index in [0.717, 1.165) is 6.07 Å². The van der Waals surface area contributed by atoms with Crippen LogP contribution in [0.15, 0.2) is 118 Å². The van der Waals surface area contributed by atoms with E-state index in [0.29, 0.717) is 28.0 Å². The molecule has 0 saturated heterocycles. The molecule has 0 spiro atoms. The van der Waals surface area contributed by atoms with Gasteiger partial charge in [0.05, 0.1) is 38.9 Å². The fraction of sp³-hybridized carbons (Fsp3) is 0.0357. The first-order valence-electron chi connectivity index (χ1n) is 12.7.